The molecule has 1 aromatic rings. The molecule has 0 saturated heterocycles. The molecule has 64 valence electrons. The molecule has 0 heterocycles. The van der Waals surface area contributed by atoms with Gasteiger partial charge in [0.25, 0.3) is 0 Å². The summed E-state index contributed by atoms with van der Waals surface area (Å²) >= 11 is 1.78. The lowest BCUT2D eigenvalue weighted by atomic mass is 10.3. The Bertz CT molecular complexity index is 254. The molecule has 0 amide bonds. The van der Waals surface area contributed by atoms with Crippen LogP contribution in [0.3, 0.4) is 0 Å². The molecule has 2 heteroatoms. The minimum absolute atomic E-state index is 1.04. The van der Waals surface area contributed by atoms with E-state index in [0.29, 0.717) is 0 Å². The molecule has 0 aromatic heterocycles. The Morgan fingerprint density at radius 2 is 2.00 bits per heavy atom. The topological polar surface area (TPSA) is 12.4 Å². The molecule has 0 atom stereocenters. The SMILES string of the molecule is CCS/C(C)=N/c1ccccc1. The van der Waals surface area contributed by atoms with Crippen molar-refractivity contribution in [2.24, 2.45) is 4.99 Å². The largest absolute Gasteiger partial charge is 0.247 e. The number of hydrogen-bond donors (Lipinski definition) is 0. The van der Waals surface area contributed by atoms with Gasteiger partial charge >= 0.3 is 0 Å². The zero-order chi connectivity index (χ0) is 8.81. The fraction of sp³-hybridized carbons (Fsp3) is 0.300. The van der Waals surface area contributed by atoms with Crippen LogP contribution in [0.1, 0.15) is 13.8 Å². The first-order valence-corrected chi connectivity index (χ1v) is 5.04. The maximum absolute atomic E-state index is 4.43. The highest BCUT2D eigenvalue weighted by Gasteiger charge is 1.90. The minimum Gasteiger partial charge on any atom is -0.247 e. The lowest BCUT2D eigenvalue weighted by Crippen LogP contribution is -1.82. The van der Waals surface area contributed by atoms with Crippen LogP contribution in [-0.4, -0.2) is 10.8 Å². The van der Waals surface area contributed by atoms with E-state index in [1.165, 1.54) is 0 Å². The van der Waals surface area contributed by atoms with Crippen LogP contribution in [0.4, 0.5) is 5.69 Å². The monoisotopic (exact) mass is 179 g/mol. The number of para-hydroxylation sites is 1. The van der Waals surface area contributed by atoms with E-state index in [2.05, 4.69) is 11.9 Å². The molecule has 0 radical (unpaired) electrons. The Kier molecular flexibility index (Phi) is 3.88. The van der Waals surface area contributed by atoms with Gasteiger partial charge in [-0.15, -0.1) is 11.8 Å². The molecule has 1 aromatic carbocycles. The lowest BCUT2D eigenvalue weighted by Gasteiger charge is -1.96. The smallest absolute Gasteiger partial charge is 0.0707 e. The van der Waals surface area contributed by atoms with Gasteiger partial charge in [0.1, 0.15) is 0 Å². The number of thioether (sulfide) groups is 1. The van der Waals surface area contributed by atoms with Crippen molar-refractivity contribution in [3.05, 3.63) is 30.3 Å². The molecular weight excluding hydrogens is 166 g/mol. The lowest BCUT2D eigenvalue weighted by molar-refractivity contribution is 1.51. The second kappa shape index (κ2) is 4.99. The second-order valence-electron chi connectivity index (χ2n) is 2.40. The van der Waals surface area contributed by atoms with Crippen molar-refractivity contribution < 1.29 is 0 Å². The average Bonchev–Trinajstić information content (AvgIpc) is 2.06. The van der Waals surface area contributed by atoms with Gasteiger partial charge in [0.15, 0.2) is 0 Å². The van der Waals surface area contributed by atoms with Crippen LogP contribution < -0.4 is 0 Å². The number of rotatable bonds is 2. The summed E-state index contributed by atoms with van der Waals surface area (Å²) in [5, 5.41) is 1.13. The normalized spacial score (nSPS) is 11.7. The first-order chi connectivity index (χ1) is 5.83. The third-order valence-electron chi connectivity index (χ3n) is 1.40. The second-order valence-corrected chi connectivity index (χ2v) is 3.86. The molecule has 0 aliphatic carbocycles. The van der Waals surface area contributed by atoms with E-state index >= 15 is 0 Å². The predicted molar refractivity (Wildman–Crippen MR) is 57.3 cm³/mol. The molecule has 1 rings (SSSR count). The molecule has 0 fully saturated rings. The first-order valence-electron chi connectivity index (χ1n) is 4.06. The van der Waals surface area contributed by atoms with E-state index in [0.717, 1.165) is 16.5 Å². The van der Waals surface area contributed by atoms with Gasteiger partial charge in [0.2, 0.25) is 0 Å². The molecule has 0 bridgehead atoms. The van der Waals surface area contributed by atoms with Gasteiger partial charge < -0.3 is 0 Å². The maximum atomic E-state index is 4.43. The van der Waals surface area contributed by atoms with Crippen LogP contribution in [-0.2, 0) is 0 Å². The van der Waals surface area contributed by atoms with Gasteiger partial charge in [-0.25, -0.2) is 4.99 Å². The van der Waals surface area contributed by atoms with Crippen molar-refractivity contribution in [3.63, 3.8) is 0 Å². The van der Waals surface area contributed by atoms with Gasteiger partial charge in [0.05, 0.1) is 10.7 Å². The Hall–Kier alpha value is -0.760. The Morgan fingerprint density at radius 3 is 2.58 bits per heavy atom. The third-order valence-corrected chi connectivity index (χ3v) is 2.19. The van der Waals surface area contributed by atoms with Crippen LogP contribution in [0.5, 0.6) is 0 Å². The summed E-state index contributed by atoms with van der Waals surface area (Å²) in [4.78, 5) is 4.43. The summed E-state index contributed by atoms with van der Waals surface area (Å²) in [6.45, 7) is 4.18. The summed E-state index contributed by atoms with van der Waals surface area (Å²) in [6, 6.07) is 10.0. The predicted octanol–water partition coefficient (Wildman–Crippen LogP) is 3.49. The van der Waals surface area contributed by atoms with E-state index in [9.17, 15) is 0 Å². The van der Waals surface area contributed by atoms with Crippen molar-refractivity contribution in [1.82, 2.24) is 0 Å². The third kappa shape index (κ3) is 3.09. The highest BCUT2D eigenvalue weighted by molar-refractivity contribution is 8.13. The maximum Gasteiger partial charge on any atom is 0.0707 e. The Morgan fingerprint density at radius 1 is 1.33 bits per heavy atom. The van der Waals surface area contributed by atoms with Gasteiger partial charge in [-0.05, 0) is 24.8 Å². The summed E-state index contributed by atoms with van der Waals surface area (Å²) in [6.07, 6.45) is 0. The highest BCUT2D eigenvalue weighted by atomic mass is 32.2. The number of aliphatic imine (C=N–C) groups is 1. The van der Waals surface area contributed by atoms with Crippen molar-refractivity contribution in [2.45, 2.75) is 13.8 Å². The van der Waals surface area contributed by atoms with Crippen LogP contribution in [0, 0.1) is 0 Å². The quantitative estimate of drug-likeness (QED) is 0.500. The average molecular weight is 179 g/mol. The van der Waals surface area contributed by atoms with Gasteiger partial charge in [-0.2, -0.15) is 0 Å². The van der Waals surface area contributed by atoms with E-state index in [1.54, 1.807) is 11.8 Å². The van der Waals surface area contributed by atoms with Gasteiger partial charge in [-0.3, -0.25) is 0 Å². The zero-order valence-electron chi connectivity index (χ0n) is 7.45. The molecule has 0 spiro atoms. The zero-order valence-corrected chi connectivity index (χ0v) is 8.27. The van der Waals surface area contributed by atoms with Crippen LogP contribution >= 0.6 is 11.8 Å². The van der Waals surface area contributed by atoms with E-state index in [-0.39, 0.29) is 0 Å². The molecule has 1 nitrogen and oxygen atoms in total. The molecular formula is C10H13NS. The summed E-state index contributed by atoms with van der Waals surface area (Å²) in [5.74, 6) is 1.09. The van der Waals surface area contributed by atoms with E-state index in [4.69, 9.17) is 0 Å². The Balaban J connectivity index is 2.67. The van der Waals surface area contributed by atoms with Crippen molar-refractivity contribution in [1.29, 1.82) is 0 Å². The molecule has 0 aliphatic heterocycles. The fourth-order valence-electron chi connectivity index (χ4n) is 0.925. The van der Waals surface area contributed by atoms with Crippen molar-refractivity contribution >= 4 is 22.5 Å². The standard InChI is InChI=1S/C10H13NS/c1-3-12-9(2)11-10-7-5-4-6-8-10/h4-8H,3H2,1-2H3/b11-9+. The summed E-state index contributed by atoms with van der Waals surface area (Å²) < 4.78 is 0. The van der Waals surface area contributed by atoms with E-state index < -0.39 is 0 Å². The minimum atomic E-state index is 1.04. The highest BCUT2D eigenvalue weighted by Crippen LogP contribution is 2.13. The molecule has 0 unspecified atom stereocenters. The molecule has 0 aliphatic rings. The first kappa shape index (κ1) is 9.33. The number of hydrogen-bond acceptors (Lipinski definition) is 2. The van der Waals surface area contributed by atoms with Crippen molar-refractivity contribution in [2.75, 3.05) is 5.75 Å². The summed E-state index contributed by atoms with van der Waals surface area (Å²) in [5.41, 5.74) is 1.04. The Labute approximate surface area is 77.9 Å². The molecule has 0 saturated carbocycles. The van der Waals surface area contributed by atoms with Gasteiger partial charge in [-0.1, -0.05) is 25.1 Å². The van der Waals surface area contributed by atoms with Crippen LogP contribution in [0.15, 0.2) is 35.3 Å². The number of nitrogens with zero attached hydrogens (tertiary/aromatic N) is 1. The number of benzene rings is 1. The van der Waals surface area contributed by atoms with Crippen molar-refractivity contribution in [3.8, 4) is 0 Å². The van der Waals surface area contributed by atoms with Gasteiger partial charge in [0, 0.05) is 0 Å². The van der Waals surface area contributed by atoms with Crippen LogP contribution in [0.25, 0.3) is 0 Å². The van der Waals surface area contributed by atoms with E-state index in [1.807, 2.05) is 37.3 Å². The van der Waals surface area contributed by atoms with Crippen LogP contribution in [0.2, 0.25) is 0 Å². The summed E-state index contributed by atoms with van der Waals surface area (Å²) in [7, 11) is 0. The molecule has 0 N–H and O–H groups in total. The molecule has 12 heavy (non-hydrogen) atoms. The fourth-order valence-corrected chi connectivity index (χ4v) is 1.51.